The summed E-state index contributed by atoms with van der Waals surface area (Å²) in [6.07, 6.45) is 2.37. The number of nitrogens with two attached hydrogens (primary N) is 1. The summed E-state index contributed by atoms with van der Waals surface area (Å²) in [6.45, 7) is 12.8. The molecule has 0 saturated carbocycles. The summed E-state index contributed by atoms with van der Waals surface area (Å²) < 4.78 is 11.4. The van der Waals surface area contributed by atoms with Crippen molar-refractivity contribution in [2.75, 3.05) is 46.4 Å². The van der Waals surface area contributed by atoms with Gasteiger partial charge in [0, 0.05) is 19.6 Å². The summed E-state index contributed by atoms with van der Waals surface area (Å²) >= 11 is 0. The standard InChI is InChI=1S/C21H36N4O2.HI/c1-5-24(6-2)13-14-27-19-8-7-18(15-20(19)26-4)16-23-21(22)25-11-9-17(3)10-12-25;/h7-8,15,17H,5-6,9-14,16H2,1-4H3,(H2,22,23);1H. The number of hydrogen-bond donors (Lipinski definition) is 1. The summed E-state index contributed by atoms with van der Waals surface area (Å²) in [4.78, 5) is 9.09. The maximum Gasteiger partial charge on any atom is 0.191 e. The molecule has 1 aromatic rings. The lowest BCUT2D eigenvalue weighted by molar-refractivity contribution is 0.217. The second-order valence-electron chi connectivity index (χ2n) is 7.20. The van der Waals surface area contributed by atoms with Crippen molar-refractivity contribution < 1.29 is 9.47 Å². The molecule has 1 heterocycles. The van der Waals surface area contributed by atoms with Crippen LogP contribution in [0.2, 0.25) is 0 Å². The number of aliphatic imine (C=N–C) groups is 1. The number of ether oxygens (including phenoxy) is 2. The van der Waals surface area contributed by atoms with Crippen molar-refractivity contribution in [1.29, 1.82) is 0 Å². The Morgan fingerprint density at radius 3 is 2.50 bits per heavy atom. The number of nitrogens with zero attached hydrogens (tertiary/aromatic N) is 3. The fraction of sp³-hybridized carbons (Fsp3) is 0.667. The van der Waals surface area contributed by atoms with Gasteiger partial charge in [0.05, 0.1) is 13.7 Å². The highest BCUT2D eigenvalue weighted by atomic mass is 127. The van der Waals surface area contributed by atoms with Crippen LogP contribution in [0.4, 0.5) is 0 Å². The van der Waals surface area contributed by atoms with Crippen LogP contribution >= 0.6 is 24.0 Å². The van der Waals surface area contributed by atoms with E-state index in [4.69, 9.17) is 15.2 Å². The fourth-order valence-corrected chi connectivity index (χ4v) is 3.26. The number of likely N-dealkylation sites (tertiary alicyclic amines) is 1. The van der Waals surface area contributed by atoms with Crippen LogP contribution in [-0.2, 0) is 6.54 Å². The van der Waals surface area contributed by atoms with E-state index in [1.807, 2.05) is 18.2 Å². The lowest BCUT2D eigenvalue weighted by atomic mass is 10.00. The molecule has 1 fully saturated rings. The molecule has 0 unspecified atom stereocenters. The van der Waals surface area contributed by atoms with Gasteiger partial charge in [0.1, 0.15) is 6.61 Å². The van der Waals surface area contributed by atoms with E-state index in [0.29, 0.717) is 19.1 Å². The summed E-state index contributed by atoms with van der Waals surface area (Å²) in [7, 11) is 1.67. The Balaban J connectivity index is 0.00000392. The van der Waals surface area contributed by atoms with Crippen molar-refractivity contribution in [3.63, 3.8) is 0 Å². The Hall–Kier alpha value is -1.22. The smallest absolute Gasteiger partial charge is 0.191 e. The van der Waals surface area contributed by atoms with Crippen molar-refractivity contribution >= 4 is 29.9 Å². The summed E-state index contributed by atoms with van der Waals surface area (Å²) in [6, 6.07) is 5.98. The van der Waals surface area contributed by atoms with Crippen LogP contribution < -0.4 is 15.2 Å². The molecular weight excluding hydrogens is 467 g/mol. The maximum absolute atomic E-state index is 6.18. The van der Waals surface area contributed by atoms with Crippen LogP contribution in [0.5, 0.6) is 11.5 Å². The van der Waals surface area contributed by atoms with Crippen molar-refractivity contribution in [2.24, 2.45) is 16.6 Å². The molecule has 6 nitrogen and oxygen atoms in total. The average molecular weight is 504 g/mol. The van der Waals surface area contributed by atoms with Gasteiger partial charge in [-0.1, -0.05) is 26.8 Å². The molecule has 2 N–H and O–H groups in total. The van der Waals surface area contributed by atoms with Crippen LogP contribution in [0.15, 0.2) is 23.2 Å². The zero-order chi connectivity index (χ0) is 19.6. The van der Waals surface area contributed by atoms with E-state index in [9.17, 15) is 0 Å². The molecule has 0 aromatic heterocycles. The molecule has 0 aliphatic carbocycles. The highest BCUT2D eigenvalue weighted by molar-refractivity contribution is 14.0. The zero-order valence-corrected chi connectivity index (χ0v) is 20.1. The molecule has 0 atom stereocenters. The predicted molar refractivity (Wildman–Crippen MR) is 127 cm³/mol. The first-order chi connectivity index (χ1) is 13.1. The number of hydrogen-bond acceptors (Lipinski definition) is 4. The van der Waals surface area contributed by atoms with Gasteiger partial charge in [-0.15, -0.1) is 24.0 Å². The first-order valence-corrected chi connectivity index (χ1v) is 10.1. The number of rotatable bonds is 9. The molecule has 1 saturated heterocycles. The van der Waals surface area contributed by atoms with Gasteiger partial charge in [-0.3, -0.25) is 0 Å². The van der Waals surface area contributed by atoms with Gasteiger partial charge in [0.15, 0.2) is 17.5 Å². The minimum absolute atomic E-state index is 0. The van der Waals surface area contributed by atoms with E-state index in [1.165, 1.54) is 12.8 Å². The third-order valence-electron chi connectivity index (χ3n) is 5.32. The number of halogens is 1. The minimum atomic E-state index is 0. The summed E-state index contributed by atoms with van der Waals surface area (Å²) in [5.41, 5.74) is 7.24. The van der Waals surface area contributed by atoms with Crippen LogP contribution in [0.1, 0.15) is 39.2 Å². The van der Waals surface area contributed by atoms with E-state index in [0.717, 1.165) is 55.7 Å². The quantitative estimate of drug-likeness (QED) is 0.317. The highest BCUT2D eigenvalue weighted by Crippen LogP contribution is 2.28. The topological polar surface area (TPSA) is 63.3 Å². The Morgan fingerprint density at radius 1 is 1.21 bits per heavy atom. The number of likely N-dealkylation sites (N-methyl/N-ethyl adjacent to an activating group) is 1. The van der Waals surface area contributed by atoms with Crippen LogP contribution in [-0.4, -0.2) is 62.2 Å². The van der Waals surface area contributed by atoms with Crippen molar-refractivity contribution in [3.8, 4) is 11.5 Å². The van der Waals surface area contributed by atoms with Gasteiger partial charge in [-0.2, -0.15) is 0 Å². The zero-order valence-electron chi connectivity index (χ0n) is 17.8. The predicted octanol–water partition coefficient (Wildman–Crippen LogP) is 3.58. The van der Waals surface area contributed by atoms with Gasteiger partial charge in [0.25, 0.3) is 0 Å². The fourth-order valence-electron chi connectivity index (χ4n) is 3.26. The third kappa shape index (κ3) is 7.66. The van der Waals surface area contributed by atoms with Gasteiger partial charge < -0.3 is 25.0 Å². The molecule has 0 spiro atoms. The van der Waals surface area contributed by atoms with Gasteiger partial charge in [-0.25, -0.2) is 4.99 Å². The summed E-state index contributed by atoms with van der Waals surface area (Å²) in [5, 5.41) is 0. The van der Waals surface area contributed by atoms with E-state index < -0.39 is 0 Å². The Morgan fingerprint density at radius 2 is 1.89 bits per heavy atom. The van der Waals surface area contributed by atoms with E-state index in [-0.39, 0.29) is 24.0 Å². The van der Waals surface area contributed by atoms with Crippen molar-refractivity contribution in [2.45, 2.75) is 40.2 Å². The van der Waals surface area contributed by atoms with Crippen molar-refractivity contribution in [1.82, 2.24) is 9.80 Å². The molecule has 0 radical (unpaired) electrons. The molecule has 1 aliphatic rings. The van der Waals surface area contributed by atoms with Crippen LogP contribution in [0.3, 0.4) is 0 Å². The average Bonchev–Trinajstić information content (AvgIpc) is 2.70. The SMILES string of the molecule is CCN(CC)CCOc1ccc(CN=C(N)N2CCC(C)CC2)cc1OC.I. The third-order valence-corrected chi connectivity index (χ3v) is 5.32. The van der Waals surface area contributed by atoms with Crippen molar-refractivity contribution in [3.05, 3.63) is 23.8 Å². The number of guanidine groups is 1. The largest absolute Gasteiger partial charge is 0.493 e. The monoisotopic (exact) mass is 504 g/mol. The summed E-state index contributed by atoms with van der Waals surface area (Å²) in [5.74, 6) is 2.94. The number of piperidine rings is 1. The normalized spacial score (nSPS) is 15.5. The van der Waals surface area contributed by atoms with Crippen LogP contribution in [0, 0.1) is 5.92 Å². The Kier molecular flexibility index (Phi) is 11.6. The lowest BCUT2D eigenvalue weighted by Crippen LogP contribution is -2.42. The first-order valence-electron chi connectivity index (χ1n) is 10.1. The molecule has 2 rings (SSSR count). The van der Waals surface area contributed by atoms with E-state index in [1.54, 1.807) is 7.11 Å². The van der Waals surface area contributed by atoms with E-state index in [2.05, 4.69) is 35.6 Å². The lowest BCUT2D eigenvalue weighted by Gasteiger charge is -2.31. The molecule has 0 amide bonds. The molecule has 160 valence electrons. The number of methoxy groups -OCH3 is 1. The second kappa shape index (κ2) is 13.1. The molecular formula is C21H37IN4O2. The minimum Gasteiger partial charge on any atom is -0.493 e. The Labute approximate surface area is 187 Å². The first kappa shape index (κ1) is 24.8. The number of benzene rings is 1. The molecule has 1 aliphatic heterocycles. The highest BCUT2D eigenvalue weighted by Gasteiger charge is 2.17. The van der Waals surface area contributed by atoms with Crippen LogP contribution in [0.25, 0.3) is 0 Å². The molecule has 1 aromatic carbocycles. The van der Waals surface area contributed by atoms with Gasteiger partial charge >= 0.3 is 0 Å². The molecule has 7 heteroatoms. The second-order valence-corrected chi connectivity index (χ2v) is 7.20. The Bertz CT molecular complexity index is 600. The van der Waals surface area contributed by atoms with Gasteiger partial charge in [0.2, 0.25) is 0 Å². The molecule has 28 heavy (non-hydrogen) atoms. The van der Waals surface area contributed by atoms with E-state index >= 15 is 0 Å². The molecule has 0 bridgehead atoms. The van der Waals surface area contributed by atoms with Gasteiger partial charge in [-0.05, 0) is 49.5 Å². The maximum atomic E-state index is 6.18.